The van der Waals surface area contributed by atoms with Crippen LogP contribution in [0.3, 0.4) is 0 Å². The van der Waals surface area contributed by atoms with E-state index in [9.17, 15) is 4.79 Å². The lowest BCUT2D eigenvalue weighted by molar-refractivity contribution is -0.116. The summed E-state index contributed by atoms with van der Waals surface area (Å²) in [6.45, 7) is 5.83. The zero-order chi connectivity index (χ0) is 14.7. The van der Waals surface area contributed by atoms with Crippen LogP contribution < -0.4 is 4.90 Å². The highest BCUT2D eigenvalue weighted by Gasteiger charge is 2.17. The molecule has 1 aromatic carbocycles. The Kier molecular flexibility index (Phi) is 4.16. The number of carbonyl (C=O) groups excluding carboxylic acids is 1. The molecule has 0 aliphatic heterocycles. The zero-order valence-corrected chi connectivity index (χ0v) is 12.5. The molecule has 1 heterocycles. The number of carbonyl (C=O) groups is 1. The van der Waals surface area contributed by atoms with Crippen LogP contribution in [0.2, 0.25) is 0 Å². The molecule has 20 heavy (non-hydrogen) atoms. The predicted molar refractivity (Wildman–Crippen MR) is 79.6 cm³/mol. The van der Waals surface area contributed by atoms with Gasteiger partial charge in [-0.15, -0.1) is 11.3 Å². The second kappa shape index (κ2) is 5.85. The number of anilines is 1. The van der Waals surface area contributed by atoms with Gasteiger partial charge in [0.15, 0.2) is 0 Å². The molecule has 5 heteroatoms. The van der Waals surface area contributed by atoms with Crippen molar-refractivity contribution in [3.63, 3.8) is 0 Å². The van der Waals surface area contributed by atoms with Gasteiger partial charge >= 0.3 is 0 Å². The lowest BCUT2D eigenvalue weighted by Gasteiger charge is -2.20. The Hall–Kier alpha value is -2.19. The standard InChI is InChI=1S/C15H15N3OS/c1-10-15(20-11(2)17-10)18(12(3)19)9-14-6-4-5-13(7-14)8-16/h4-7H,9H2,1-3H3. The summed E-state index contributed by atoms with van der Waals surface area (Å²) in [6.07, 6.45) is 0. The van der Waals surface area contributed by atoms with Crippen LogP contribution in [0.1, 0.15) is 28.8 Å². The summed E-state index contributed by atoms with van der Waals surface area (Å²) in [4.78, 5) is 18.0. The molecule has 0 saturated heterocycles. The van der Waals surface area contributed by atoms with E-state index in [-0.39, 0.29) is 5.91 Å². The molecule has 0 radical (unpaired) electrons. The Balaban J connectivity index is 2.33. The molecular weight excluding hydrogens is 270 g/mol. The fraction of sp³-hybridized carbons (Fsp3) is 0.267. The predicted octanol–water partition coefficient (Wildman–Crippen LogP) is 3.18. The van der Waals surface area contributed by atoms with Gasteiger partial charge in [0.1, 0.15) is 5.00 Å². The maximum absolute atomic E-state index is 11.9. The molecule has 4 nitrogen and oxygen atoms in total. The molecule has 0 bridgehead atoms. The van der Waals surface area contributed by atoms with Crippen LogP contribution in [0.25, 0.3) is 0 Å². The molecule has 0 N–H and O–H groups in total. The van der Waals surface area contributed by atoms with E-state index in [1.54, 1.807) is 24.0 Å². The molecule has 0 unspecified atom stereocenters. The summed E-state index contributed by atoms with van der Waals surface area (Å²) in [5.74, 6) is -0.0286. The first-order chi connectivity index (χ1) is 9.51. The van der Waals surface area contributed by atoms with E-state index in [0.29, 0.717) is 12.1 Å². The maximum Gasteiger partial charge on any atom is 0.224 e. The van der Waals surface area contributed by atoms with Gasteiger partial charge in [0.2, 0.25) is 5.91 Å². The maximum atomic E-state index is 11.9. The number of benzene rings is 1. The average Bonchev–Trinajstić information content (AvgIpc) is 2.74. The van der Waals surface area contributed by atoms with E-state index in [0.717, 1.165) is 21.3 Å². The van der Waals surface area contributed by atoms with E-state index < -0.39 is 0 Å². The van der Waals surface area contributed by atoms with Gasteiger partial charge in [-0.05, 0) is 31.5 Å². The molecule has 0 spiro atoms. The minimum atomic E-state index is -0.0286. The highest BCUT2D eigenvalue weighted by Crippen LogP contribution is 2.29. The fourth-order valence-corrected chi connectivity index (χ4v) is 2.98. The van der Waals surface area contributed by atoms with Gasteiger partial charge in [-0.3, -0.25) is 9.69 Å². The minimum Gasteiger partial charge on any atom is -0.298 e. The Morgan fingerprint density at radius 1 is 1.45 bits per heavy atom. The van der Waals surface area contributed by atoms with Crippen LogP contribution in [-0.2, 0) is 11.3 Å². The zero-order valence-electron chi connectivity index (χ0n) is 11.7. The van der Waals surface area contributed by atoms with E-state index >= 15 is 0 Å². The fourth-order valence-electron chi connectivity index (χ4n) is 2.02. The summed E-state index contributed by atoms with van der Waals surface area (Å²) in [7, 11) is 0. The van der Waals surface area contributed by atoms with Crippen LogP contribution in [0.4, 0.5) is 5.00 Å². The van der Waals surface area contributed by atoms with Gasteiger partial charge in [-0.2, -0.15) is 5.26 Å². The van der Waals surface area contributed by atoms with Crippen molar-refractivity contribution in [1.82, 2.24) is 4.98 Å². The monoisotopic (exact) mass is 285 g/mol. The summed E-state index contributed by atoms with van der Waals surface area (Å²) < 4.78 is 0. The largest absolute Gasteiger partial charge is 0.298 e. The van der Waals surface area contributed by atoms with E-state index in [1.807, 2.05) is 26.0 Å². The van der Waals surface area contributed by atoms with Gasteiger partial charge in [-0.1, -0.05) is 12.1 Å². The topological polar surface area (TPSA) is 57.0 Å². The first kappa shape index (κ1) is 14.2. The number of nitrogens with zero attached hydrogens (tertiary/aromatic N) is 3. The van der Waals surface area contributed by atoms with Crippen LogP contribution >= 0.6 is 11.3 Å². The SMILES string of the molecule is CC(=O)N(Cc1cccc(C#N)c1)c1sc(C)nc1C. The van der Waals surface area contributed by atoms with E-state index in [1.165, 1.54) is 11.3 Å². The van der Waals surface area contributed by atoms with Crippen molar-refractivity contribution in [3.05, 3.63) is 46.1 Å². The quantitative estimate of drug-likeness (QED) is 0.870. The molecule has 102 valence electrons. The third-order valence-corrected chi connectivity index (χ3v) is 4.00. The third kappa shape index (κ3) is 3.03. The summed E-state index contributed by atoms with van der Waals surface area (Å²) in [5.41, 5.74) is 2.40. The smallest absolute Gasteiger partial charge is 0.224 e. The van der Waals surface area contributed by atoms with Crippen LogP contribution in [0.15, 0.2) is 24.3 Å². The number of hydrogen-bond acceptors (Lipinski definition) is 4. The lowest BCUT2D eigenvalue weighted by atomic mass is 10.1. The highest BCUT2D eigenvalue weighted by atomic mass is 32.1. The molecule has 1 aromatic heterocycles. The summed E-state index contributed by atoms with van der Waals surface area (Å²) >= 11 is 1.51. The first-order valence-electron chi connectivity index (χ1n) is 6.22. The highest BCUT2D eigenvalue weighted by molar-refractivity contribution is 7.16. The minimum absolute atomic E-state index is 0.0286. The molecule has 0 aliphatic carbocycles. The van der Waals surface area contributed by atoms with Crippen LogP contribution in [-0.4, -0.2) is 10.9 Å². The normalized spacial score (nSPS) is 10.1. The third-order valence-electron chi connectivity index (χ3n) is 2.90. The molecule has 2 rings (SSSR count). The molecule has 0 saturated carbocycles. The first-order valence-corrected chi connectivity index (χ1v) is 7.04. The van der Waals surface area contributed by atoms with Crippen molar-refractivity contribution in [2.75, 3.05) is 4.90 Å². The summed E-state index contributed by atoms with van der Waals surface area (Å²) in [5, 5.41) is 10.7. The average molecular weight is 285 g/mol. The van der Waals surface area contributed by atoms with Gasteiger partial charge in [0, 0.05) is 6.92 Å². The molecule has 0 fully saturated rings. The van der Waals surface area contributed by atoms with Crippen molar-refractivity contribution in [2.24, 2.45) is 0 Å². The van der Waals surface area contributed by atoms with Crippen molar-refractivity contribution in [3.8, 4) is 6.07 Å². The number of rotatable bonds is 3. The molecule has 0 aliphatic rings. The van der Waals surface area contributed by atoms with Crippen molar-refractivity contribution in [1.29, 1.82) is 5.26 Å². The lowest BCUT2D eigenvalue weighted by Crippen LogP contribution is -2.27. The Bertz CT molecular complexity index is 685. The number of aromatic nitrogens is 1. The molecule has 1 amide bonds. The molecule has 0 atom stereocenters. The molecular formula is C15H15N3OS. The Morgan fingerprint density at radius 3 is 2.75 bits per heavy atom. The Labute approximate surface area is 122 Å². The number of hydrogen-bond donors (Lipinski definition) is 0. The van der Waals surface area contributed by atoms with Crippen molar-refractivity contribution >= 4 is 22.2 Å². The van der Waals surface area contributed by atoms with E-state index in [4.69, 9.17) is 5.26 Å². The number of nitriles is 1. The van der Waals surface area contributed by atoms with Gasteiger partial charge < -0.3 is 0 Å². The molecule has 2 aromatic rings. The van der Waals surface area contributed by atoms with Crippen LogP contribution in [0.5, 0.6) is 0 Å². The van der Waals surface area contributed by atoms with E-state index in [2.05, 4.69) is 11.1 Å². The van der Waals surface area contributed by atoms with Crippen molar-refractivity contribution < 1.29 is 4.79 Å². The second-order valence-corrected chi connectivity index (χ2v) is 5.72. The van der Waals surface area contributed by atoms with Gasteiger partial charge in [0.05, 0.1) is 28.9 Å². The van der Waals surface area contributed by atoms with Crippen molar-refractivity contribution in [2.45, 2.75) is 27.3 Å². The second-order valence-electron chi connectivity index (χ2n) is 4.54. The number of amides is 1. The van der Waals surface area contributed by atoms with Gasteiger partial charge in [-0.25, -0.2) is 4.98 Å². The number of thiazole rings is 1. The number of aryl methyl sites for hydroxylation is 2. The Morgan fingerprint density at radius 2 is 2.20 bits per heavy atom. The van der Waals surface area contributed by atoms with Crippen LogP contribution in [0, 0.1) is 25.2 Å². The summed E-state index contributed by atoms with van der Waals surface area (Å²) in [6, 6.07) is 9.42. The van der Waals surface area contributed by atoms with Gasteiger partial charge in [0.25, 0.3) is 0 Å².